The molecule has 0 saturated carbocycles. The minimum absolute atomic E-state index is 0. The Morgan fingerprint density at radius 2 is 1.85 bits per heavy atom. The number of hydrogen-bond donors (Lipinski definition) is 1. The van der Waals surface area contributed by atoms with E-state index in [1.54, 1.807) is 4.90 Å². The van der Waals surface area contributed by atoms with Crippen LogP contribution in [-0.2, 0) is 9.53 Å². The first-order valence-corrected chi connectivity index (χ1v) is 9.83. The molecule has 0 radical (unpaired) electrons. The molecular formula is C20H36IN3O3. The lowest BCUT2D eigenvalue weighted by molar-refractivity contribution is -0.862. The van der Waals surface area contributed by atoms with E-state index < -0.39 is 12.2 Å². The Hall–Kier alpha value is -1.01. The average molecular weight is 493 g/mol. The monoisotopic (exact) mass is 493 g/mol. The van der Waals surface area contributed by atoms with Gasteiger partial charge in [-0.25, -0.2) is 4.79 Å². The second-order valence-electron chi connectivity index (χ2n) is 7.94. The Balaban J connectivity index is 0.00000676. The number of likely N-dealkylation sites (tertiary alicyclic amines) is 1. The number of nitrogens with one attached hydrogen (secondary N) is 1. The van der Waals surface area contributed by atoms with Gasteiger partial charge in [-0.2, -0.15) is 0 Å². The van der Waals surface area contributed by atoms with E-state index in [2.05, 4.69) is 45.2 Å². The van der Waals surface area contributed by atoms with Crippen molar-refractivity contribution >= 4 is 12.0 Å². The Labute approximate surface area is 182 Å². The quantitative estimate of drug-likeness (QED) is 0.191. The summed E-state index contributed by atoms with van der Waals surface area (Å²) in [6, 6.07) is 0. The van der Waals surface area contributed by atoms with Gasteiger partial charge in [-0.05, 0) is 12.3 Å². The van der Waals surface area contributed by atoms with Crippen LogP contribution in [0.5, 0.6) is 0 Å². The van der Waals surface area contributed by atoms with Crippen molar-refractivity contribution in [2.75, 3.05) is 47.3 Å². The van der Waals surface area contributed by atoms with Gasteiger partial charge in [0, 0.05) is 19.5 Å². The van der Waals surface area contributed by atoms with Gasteiger partial charge < -0.3 is 43.4 Å². The van der Waals surface area contributed by atoms with Gasteiger partial charge in [-0.1, -0.05) is 44.9 Å². The molecule has 0 aromatic heterocycles. The molecular weight excluding hydrogens is 457 g/mol. The van der Waals surface area contributed by atoms with Crippen molar-refractivity contribution in [1.82, 2.24) is 10.2 Å². The molecule has 1 aliphatic heterocycles. The van der Waals surface area contributed by atoms with Gasteiger partial charge in [0.25, 0.3) is 5.91 Å². The molecule has 156 valence electrons. The van der Waals surface area contributed by atoms with Crippen LogP contribution in [0, 0.1) is 11.8 Å². The van der Waals surface area contributed by atoms with Crippen LogP contribution in [0.15, 0.2) is 0 Å². The van der Waals surface area contributed by atoms with Gasteiger partial charge in [0.2, 0.25) is 0 Å². The maximum absolute atomic E-state index is 12.3. The summed E-state index contributed by atoms with van der Waals surface area (Å²) >= 11 is 0. The predicted molar refractivity (Wildman–Crippen MR) is 104 cm³/mol. The minimum atomic E-state index is -0.667. The molecule has 1 aliphatic rings. The van der Waals surface area contributed by atoms with Gasteiger partial charge in [0.05, 0.1) is 27.7 Å². The number of unbranched alkanes of at least 4 members (excludes halogenated alkanes) is 5. The van der Waals surface area contributed by atoms with Crippen LogP contribution in [0.3, 0.4) is 0 Å². The number of nitrogens with zero attached hydrogens (tertiary/aromatic N) is 2. The van der Waals surface area contributed by atoms with Crippen molar-refractivity contribution in [1.29, 1.82) is 0 Å². The summed E-state index contributed by atoms with van der Waals surface area (Å²) in [5.41, 5.74) is 0. The highest BCUT2D eigenvalue weighted by atomic mass is 127. The zero-order valence-electron chi connectivity index (χ0n) is 17.4. The molecule has 1 heterocycles. The van der Waals surface area contributed by atoms with E-state index in [1.165, 1.54) is 25.7 Å². The first-order chi connectivity index (χ1) is 12.3. The fourth-order valence-electron chi connectivity index (χ4n) is 2.69. The van der Waals surface area contributed by atoms with Crippen molar-refractivity contribution in [2.45, 2.75) is 58.0 Å². The number of alkyl carbamates (subject to hydrolysis) is 1. The van der Waals surface area contributed by atoms with E-state index in [4.69, 9.17) is 4.74 Å². The molecule has 0 spiro atoms. The normalized spacial score (nSPS) is 16.4. The van der Waals surface area contributed by atoms with E-state index in [-0.39, 0.29) is 29.9 Å². The largest absolute Gasteiger partial charge is 1.00 e. The van der Waals surface area contributed by atoms with Crippen molar-refractivity contribution in [2.24, 2.45) is 0 Å². The fraction of sp³-hybridized carbons (Fsp3) is 0.800. The molecule has 2 amide bonds. The SMILES string of the molecule is CCCCCCCCNC(=O)O[C@@H]1CCN(CC#CC[N+](C)(C)C)C1=O.[I-]. The number of ether oxygens (including phenoxy) is 1. The molecule has 0 aliphatic carbocycles. The number of quaternary nitrogens is 1. The van der Waals surface area contributed by atoms with Gasteiger partial charge in [0.15, 0.2) is 6.10 Å². The van der Waals surface area contributed by atoms with Crippen LogP contribution >= 0.6 is 0 Å². The van der Waals surface area contributed by atoms with E-state index >= 15 is 0 Å². The lowest BCUT2D eigenvalue weighted by atomic mass is 10.1. The summed E-state index contributed by atoms with van der Waals surface area (Å²) < 4.78 is 6.04. The third kappa shape index (κ3) is 12.1. The van der Waals surface area contributed by atoms with Crippen LogP contribution in [0.2, 0.25) is 0 Å². The average Bonchev–Trinajstić information content (AvgIpc) is 2.90. The van der Waals surface area contributed by atoms with Gasteiger partial charge >= 0.3 is 6.09 Å². The molecule has 7 heteroatoms. The van der Waals surface area contributed by atoms with Crippen LogP contribution in [0.4, 0.5) is 4.79 Å². The molecule has 0 aromatic carbocycles. The number of amides is 2. The molecule has 1 N–H and O–H groups in total. The highest BCUT2D eigenvalue weighted by molar-refractivity contribution is 5.85. The standard InChI is InChI=1S/C20H35N3O3.HI/c1-5-6-7-8-9-10-14-21-20(25)26-18-13-16-22(19(18)24)15-11-12-17-23(2,3)4;/h18H,5-10,13-17H2,1-4H3;1H/t18-;/m1./s1. The number of hydrogen-bond acceptors (Lipinski definition) is 3. The lowest BCUT2D eigenvalue weighted by Gasteiger charge is -2.20. The van der Waals surface area contributed by atoms with Crippen molar-refractivity contribution in [3.05, 3.63) is 0 Å². The highest BCUT2D eigenvalue weighted by Gasteiger charge is 2.34. The van der Waals surface area contributed by atoms with Crippen molar-refractivity contribution in [3.8, 4) is 11.8 Å². The van der Waals surface area contributed by atoms with Crippen molar-refractivity contribution < 1.29 is 42.8 Å². The molecule has 1 fully saturated rings. The van der Waals surface area contributed by atoms with Gasteiger partial charge in [-0.3, -0.25) is 4.79 Å². The Morgan fingerprint density at radius 1 is 1.19 bits per heavy atom. The summed E-state index contributed by atoms with van der Waals surface area (Å²) in [5, 5.41) is 2.74. The van der Waals surface area contributed by atoms with E-state index in [0.717, 1.165) is 23.9 Å². The van der Waals surface area contributed by atoms with Crippen molar-refractivity contribution in [3.63, 3.8) is 0 Å². The summed E-state index contributed by atoms with van der Waals surface area (Å²) in [4.78, 5) is 25.7. The van der Waals surface area contributed by atoms with Crippen LogP contribution in [-0.4, -0.2) is 74.8 Å². The first kappa shape index (κ1) is 26.0. The van der Waals surface area contributed by atoms with Crippen LogP contribution in [0.25, 0.3) is 0 Å². The van der Waals surface area contributed by atoms with E-state index in [1.807, 2.05) is 0 Å². The minimum Gasteiger partial charge on any atom is -1.00 e. The highest BCUT2D eigenvalue weighted by Crippen LogP contribution is 2.14. The van der Waals surface area contributed by atoms with Gasteiger partial charge in [0.1, 0.15) is 6.54 Å². The zero-order valence-corrected chi connectivity index (χ0v) is 19.5. The third-order valence-electron chi connectivity index (χ3n) is 4.25. The summed E-state index contributed by atoms with van der Waals surface area (Å²) in [6.07, 6.45) is 6.41. The zero-order chi connectivity index (χ0) is 19.4. The summed E-state index contributed by atoms with van der Waals surface area (Å²) in [6.45, 7) is 4.53. The number of halogens is 1. The number of carbonyl (C=O) groups is 2. The van der Waals surface area contributed by atoms with Crippen LogP contribution < -0.4 is 29.3 Å². The number of rotatable bonds is 10. The Kier molecular flexibility index (Phi) is 13.5. The second kappa shape index (κ2) is 14.1. The molecule has 0 aromatic rings. The maximum Gasteiger partial charge on any atom is 0.407 e. The maximum atomic E-state index is 12.3. The summed E-state index contributed by atoms with van der Waals surface area (Å²) in [7, 11) is 6.22. The molecule has 0 unspecified atom stereocenters. The van der Waals surface area contributed by atoms with Gasteiger partial charge in [-0.15, -0.1) is 0 Å². The van der Waals surface area contributed by atoms with E-state index in [9.17, 15) is 9.59 Å². The Morgan fingerprint density at radius 3 is 2.52 bits per heavy atom. The Bertz CT molecular complexity index is 509. The predicted octanol–water partition coefficient (Wildman–Crippen LogP) is -0.612. The smallest absolute Gasteiger partial charge is 0.407 e. The third-order valence-corrected chi connectivity index (χ3v) is 4.25. The van der Waals surface area contributed by atoms with E-state index in [0.29, 0.717) is 26.1 Å². The lowest BCUT2D eigenvalue weighted by Crippen LogP contribution is -3.00. The molecule has 27 heavy (non-hydrogen) atoms. The number of carbonyl (C=O) groups excluding carboxylic acids is 2. The molecule has 6 nitrogen and oxygen atoms in total. The first-order valence-electron chi connectivity index (χ1n) is 9.83. The topological polar surface area (TPSA) is 58.6 Å². The fourth-order valence-corrected chi connectivity index (χ4v) is 2.69. The van der Waals surface area contributed by atoms with Crippen LogP contribution in [0.1, 0.15) is 51.9 Å². The molecule has 1 rings (SSSR count). The molecule has 0 bridgehead atoms. The second-order valence-corrected chi connectivity index (χ2v) is 7.94. The summed E-state index contributed by atoms with van der Waals surface area (Å²) in [5.74, 6) is 5.98. The molecule has 1 saturated heterocycles. The molecule has 1 atom stereocenters.